The molecule has 2 heteroatoms. The Balaban J connectivity index is 1.88. The number of likely N-dealkylation sites (tertiary alicyclic amines) is 1. The summed E-state index contributed by atoms with van der Waals surface area (Å²) >= 11 is 0. The molecule has 0 bridgehead atoms. The standard InChI is InChI=1S/C13H22N2/c1-12(2)15-9-5-6-13(11-15)10-14-7-3-4-8-14/h3-4,7-8,12-13H,5-6,9-11H2,1-2H3. The van der Waals surface area contributed by atoms with Gasteiger partial charge in [-0.15, -0.1) is 0 Å². The van der Waals surface area contributed by atoms with Crippen LogP contribution in [0.1, 0.15) is 26.7 Å². The zero-order chi connectivity index (χ0) is 10.7. The smallest absolute Gasteiger partial charge is 0.0260 e. The van der Waals surface area contributed by atoms with Crippen LogP contribution in [0.3, 0.4) is 0 Å². The first-order valence-electron chi connectivity index (χ1n) is 6.10. The van der Waals surface area contributed by atoms with Gasteiger partial charge in [0.15, 0.2) is 0 Å². The molecular weight excluding hydrogens is 184 g/mol. The van der Waals surface area contributed by atoms with E-state index in [-0.39, 0.29) is 0 Å². The summed E-state index contributed by atoms with van der Waals surface area (Å²) in [5.74, 6) is 0.841. The first kappa shape index (κ1) is 10.7. The van der Waals surface area contributed by atoms with E-state index in [1.165, 1.54) is 32.5 Å². The lowest BCUT2D eigenvalue weighted by atomic mass is 9.97. The Morgan fingerprint density at radius 3 is 2.67 bits per heavy atom. The predicted octanol–water partition coefficient (Wildman–Crippen LogP) is 2.61. The van der Waals surface area contributed by atoms with Crippen molar-refractivity contribution in [3.63, 3.8) is 0 Å². The molecule has 2 heterocycles. The molecule has 0 spiro atoms. The fourth-order valence-corrected chi connectivity index (χ4v) is 2.51. The Labute approximate surface area is 92.9 Å². The van der Waals surface area contributed by atoms with E-state index >= 15 is 0 Å². The lowest BCUT2D eigenvalue weighted by molar-refractivity contribution is 0.131. The fraction of sp³-hybridized carbons (Fsp3) is 0.692. The third-order valence-corrected chi connectivity index (χ3v) is 3.42. The maximum atomic E-state index is 2.61. The third kappa shape index (κ3) is 2.85. The molecule has 1 atom stereocenters. The summed E-state index contributed by atoms with van der Waals surface area (Å²) in [6, 6.07) is 4.93. The normalized spacial score (nSPS) is 23.5. The van der Waals surface area contributed by atoms with E-state index < -0.39 is 0 Å². The van der Waals surface area contributed by atoms with Crippen molar-refractivity contribution in [2.75, 3.05) is 13.1 Å². The molecule has 15 heavy (non-hydrogen) atoms. The van der Waals surface area contributed by atoms with Crippen molar-refractivity contribution in [1.82, 2.24) is 9.47 Å². The minimum atomic E-state index is 0.706. The summed E-state index contributed by atoms with van der Waals surface area (Å²) in [6.07, 6.45) is 7.11. The van der Waals surface area contributed by atoms with E-state index in [0.717, 1.165) is 5.92 Å². The van der Waals surface area contributed by atoms with Gasteiger partial charge in [-0.3, -0.25) is 0 Å². The zero-order valence-electron chi connectivity index (χ0n) is 9.89. The first-order valence-corrected chi connectivity index (χ1v) is 6.10. The van der Waals surface area contributed by atoms with Crippen LogP contribution in [-0.2, 0) is 6.54 Å². The average molecular weight is 206 g/mol. The largest absolute Gasteiger partial charge is 0.354 e. The van der Waals surface area contributed by atoms with E-state index in [1.54, 1.807) is 0 Å². The molecule has 1 aliphatic heterocycles. The van der Waals surface area contributed by atoms with Crippen molar-refractivity contribution in [3.8, 4) is 0 Å². The highest BCUT2D eigenvalue weighted by Crippen LogP contribution is 2.19. The molecule has 0 radical (unpaired) electrons. The van der Waals surface area contributed by atoms with E-state index in [2.05, 4.69) is 47.8 Å². The van der Waals surface area contributed by atoms with E-state index in [9.17, 15) is 0 Å². The van der Waals surface area contributed by atoms with E-state index in [1.807, 2.05) is 0 Å². The molecule has 0 saturated carbocycles. The summed E-state index contributed by atoms with van der Waals surface area (Å²) in [4.78, 5) is 2.61. The van der Waals surface area contributed by atoms with Crippen LogP contribution in [0.25, 0.3) is 0 Å². The molecule has 1 aromatic heterocycles. The molecule has 1 fully saturated rings. The minimum absolute atomic E-state index is 0.706. The fourth-order valence-electron chi connectivity index (χ4n) is 2.51. The summed E-state index contributed by atoms with van der Waals surface area (Å²) in [5.41, 5.74) is 0. The molecule has 0 aromatic carbocycles. The molecule has 1 aliphatic rings. The molecule has 0 amide bonds. The molecule has 0 N–H and O–H groups in total. The van der Waals surface area contributed by atoms with Gasteiger partial charge in [0.2, 0.25) is 0 Å². The highest BCUT2D eigenvalue weighted by Gasteiger charge is 2.21. The van der Waals surface area contributed by atoms with Gasteiger partial charge in [-0.05, 0) is 51.3 Å². The number of hydrogen-bond donors (Lipinski definition) is 0. The quantitative estimate of drug-likeness (QED) is 0.738. The van der Waals surface area contributed by atoms with Crippen molar-refractivity contribution < 1.29 is 0 Å². The Morgan fingerprint density at radius 1 is 1.27 bits per heavy atom. The van der Waals surface area contributed by atoms with Crippen LogP contribution in [0.15, 0.2) is 24.5 Å². The zero-order valence-corrected chi connectivity index (χ0v) is 9.89. The maximum absolute atomic E-state index is 2.61. The van der Waals surface area contributed by atoms with E-state index in [4.69, 9.17) is 0 Å². The van der Waals surface area contributed by atoms with Gasteiger partial charge in [0.25, 0.3) is 0 Å². The summed E-state index contributed by atoms with van der Waals surface area (Å²) < 4.78 is 2.31. The molecule has 1 aromatic rings. The van der Waals surface area contributed by atoms with Gasteiger partial charge in [0, 0.05) is 31.5 Å². The van der Waals surface area contributed by atoms with Crippen LogP contribution in [-0.4, -0.2) is 28.6 Å². The first-order chi connectivity index (χ1) is 7.25. The lowest BCUT2D eigenvalue weighted by Gasteiger charge is -2.35. The molecule has 84 valence electrons. The molecule has 1 unspecified atom stereocenters. The molecular formula is C13H22N2. The third-order valence-electron chi connectivity index (χ3n) is 3.42. The van der Waals surface area contributed by atoms with Gasteiger partial charge < -0.3 is 9.47 Å². The van der Waals surface area contributed by atoms with Crippen LogP contribution in [0, 0.1) is 5.92 Å². The van der Waals surface area contributed by atoms with Crippen molar-refractivity contribution in [1.29, 1.82) is 0 Å². The van der Waals surface area contributed by atoms with Gasteiger partial charge in [-0.1, -0.05) is 0 Å². The Hall–Kier alpha value is -0.760. The number of piperidine rings is 1. The van der Waals surface area contributed by atoms with Crippen LogP contribution in [0.4, 0.5) is 0 Å². The topological polar surface area (TPSA) is 8.17 Å². The van der Waals surface area contributed by atoms with Gasteiger partial charge in [-0.2, -0.15) is 0 Å². The molecule has 2 rings (SSSR count). The second-order valence-electron chi connectivity index (χ2n) is 4.98. The Bertz CT molecular complexity index is 277. The molecule has 0 aliphatic carbocycles. The second-order valence-corrected chi connectivity index (χ2v) is 4.98. The minimum Gasteiger partial charge on any atom is -0.354 e. The SMILES string of the molecule is CC(C)N1CCCC(Cn2cccc2)C1. The number of hydrogen-bond acceptors (Lipinski definition) is 1. The van der Waals surface area contributed by atoms with Crippen LogP contribution < -0.4 is 0 Å². The summed E-state index contributed by atoms with van der Waals surface area (Å²) in [6.45, 7) is 8.36. The Kier molecular flexibility index (Phi) is 3.47. The molecule has 2 nitrogen and oxygen atoms in total. The highest BCUT2D eigenvalue weighted by atomic mass is 15.2. The van der Waals surface area contributed by atoms with Crippen LogP contribution >= 0.6 is 0 Å². The van der Waals surface area contributed by atoms with Crippen LogP contribution in [0.5, 0.6) is 0 Å². The van der Waals surface area contributed by atoms with Gasteiger partial charge in [0.1, 0.15) is 0 Å². The van der Waals surface area contributed by atoms with Crippen molar-refractivity contribution in [3.05, 3.63) is 24.5 Å². The van der Waals surface area contributed by atoms with Crippen molar-refractivity contribution in [2.24, 2.45) is 5.92 Å². The van der Waals surface area contributed by atoms with Gasteiger partial charge in [-0.25, -0.2) is 0 Å². The summed E-state index contributed by atoms with van der Waals surface area (Å²) in [5, 5.41) is 0. The van der Waals surface area contributed by atoms with Crippen LogP contribution in [0.2, 0.25) is 0 Å². The molecule has 1 saturated heterocycles. The van der Waals surface area contributed by atoms with Gasteiger partial charge in [0.05, 0.1) is 0 Å². The lowest BCUT2D eigenvalue weighted by Crippen LogP contribution is -2.41. The van der Waals surface area contributed by atoms with Gasteiger partial charge >= 0.3 is 0 Å². The maximum Gasteiger partial charge on any atom is 0.0260 e. The monoisotopic (exact) mass is 206 g/mol. The average Bonchev–Trinajstić information content (AvgIpc) is 2.71. The van der Waals surface area contributed by atoms with E-state index in [0.29, 0.717) is 6.04 Å². The number of rotatable bonds is 3. The van der Waals surface area contributed by atoms with Crippen molar-refractivity contribution >= 4 is 0 Å². The Morgan fingerprint density at radius 2 is 2.00 bits per heavy atom. The van der Waals surface area contributed by atoms with Crippen molar-refractivity contribution in [2.45, 2.75) is 39.3 Å². The summed E-state index contributed by atoms with van der Waals surface area (Å²) in [7, 11) is 0. The predicted molar refractivity (Wildman–Crippen MR) is 63.9 cm³/mol. The highest BCUT2D eigenvalue weighted by molar-refractivity contribution is 4.91. The number of aromatic nitrogens is 1. The number of nitrogens with zero attached hydrogens (tertiary/aromatic N) is 2. The second kappa shape index (κ2) is 4.84.